The molecule has 5 nitrogen and oxygen atoms in total. The summed E-state index contributed by atoms with van der Waals surface area (Å²) in [6, 6.07) is 6.00. The second-order valence-corrected chi connectivity index (χ2v) is 6.15. The lowest BCUT2D eigenvalue weighted by molar-refractivity contribution is 0.545. The molecule has 0 aliphatic carbocycles. The van der Waals surface area contributed by atoms with Crippen LogP contribution in [0, 0.1) is 0 Å². The van der Waals surface area contributed by atoms with Crippen molar-refractivity contribution in [2.24, 2.45) is 0 Å². The van der Waals surface area contributed by atoms with E-state index in [4.69, 9.17) is 4.98 Å². The van der Waals surface area contributed by atoms with Crippen LogP contribution in [0.15, 0.2) is 30.6 Å². The maximum absolute atomic E-state index is 4.71. The van der Waals surface area contributed by atoms with E-state index in [2.05, 4.69) is 41.0 Å². The third-order valence-corrected chi connectivity index (χ3v) is 3.20. The van der Waals surface area contributed by atoms with Gasteiger partial charge in [-0.2, -0.15) is 0 Å². The smallest absolute Gasteiger partial charge is 0.138 e. The summed E-state index contributed by atoms with van der Waals surface area (Å²) >= 11 is 0. The first-order chi connectivity index (χ1) is 9.90. The minimum atomic E-state index is -0.0842. The molecule has 2 heterocycles. The topological polar surface area (TPSA) is 53.9 Å². The molecule has 0 bridgehead atoms. The van der Waals surface area contributed by atoms with Crippen LogP contribution in [0.4, 0.5) is 11.6 Å². The van der Waals surface area contributed by atoms with Crippen molar-refractivity contribution in [3.63, 3.8) is 0 Å². The second-order valence-electron chi connectivity index (χ2n) is 6.15. The van der Waals surface area contributed by atoms with Crippen LogP contribution in [0.25, 0.3) is 0 Å². The molecule has 21 heavy (non-hydrogen) atoms. The van der Waals surface area contributed by atoms with Gasteiger partial charge >= 0.3 is 0 Å². The van der Waals surface area contributed by atoms with Gasteiger partial charge in [0, 0.05) is 44.5 Å². The van der Waals surface area contributed by atoms with Gasteiger partial charge < -0.3 is 10.2 Å². The predicted molar refractivity (Wildman–Crippen MR) is 86.6 cm³/mol. The highest BCUT2D eigenvalue weighted by Gasteiger charge is 2.20. The molecule has 2 aromatic rings. The third-order valence-electron chi connectivity index (χ3n) is 3.20. The fourth-order valence-electron chi connectivity index (χ4n) is 1.94. The normalized spacial score (nSPS) is 11.3. The fraction of sp³-hybridized carbons (Fsp3) is 0.438. The average Bonchev–Trinajstić information content (AvgIpc) is 2.46. The quantitative estimate of drug-likeness (QED) is 0.936. The lowest BCUT2D eigenvalue weighted by atomic mass is 9.96. The molecule has 0 atom stereocenters. The molecule has 0 spiro atoms. The van der Waals surface area contributed by atoms with E-state index in [1.807, 2.05) is 44.7 Å². The highest BCUT2D eigenvalue weighted by Crippen LogP contribution is 2.24. The van der Waals surface area contributed by atoms with Crippen LogP contribution in [0.1, 0.15) is 32.2 Å². The van der Waals surface area contributed by atoms with Gasteiger partial charge in [0.1, 0.15) is 17.5 Å². The maximum Gasteiger partial charge on any atom is 0.138 e. The van der Waals surface area contributed by atoms with Gasteiger partial charge in [0.2, 0.25) is 0 Å². The molecule has 1 N–H and O–H groups in total. The standard InChI is InChI=1S/C16H23N5/c1-16(2,3)15-19-13(17-4)10-14(20-15)21(5)11-12-6-8-18-9-7-12/h6-10H,11H2,1-5H3,(H,17,19,20). The summed E-state index contributed by atoms with van der Waals surface area (Å²) < 4.78 is 0. The lowest BCUT2D eigenvalue weighted by Gasteiger charge is -2.23. The minimum absolute atomic E-state index is 0.0842. The van der Waals surface area contributed by atoms with Crippen molar-refractivity contribution in [1.29, 1.82) is 0 Å². The van der Waals surface area contributed by atoms with Gasteiger partial charge in [-0.15, -0.1) is 0 Å². The number of nitrogens with one attached hydrogen (secondary N) is 1. The molecule has 112 valence electrons. The van der Waals surface area contributed by atoms with Gasteiger partial charge in [0.05, 0.1) is 0 Å². The Kier molecular flexibility index (Phi) is 4.40. The van der Waals surface area contributed by atoms with E-state index in [-0.39, 0.29) is 5.41 Å². The summed E-state index contributed by atoms with van der Waals surface area (Å²) in [7, 11) is 3.91. The summed E-state index contributed by atoms with van der Waals surface area (Å²) in [5.74, 6) is 2.59. The van der Waals surface area contributed by atoms with Crippen molar-refractivity contribution >= 4 is 11.6 Å². The number of hydrogen-bond donors (Lipinski definition) is 1. The summed E-state index contributed by atoms with van der Waals surface area (Å²) in [4.78, 5) is 15.4. The van der Waals surface area contributed by atoms with Crippen molar-refractivity contribution in [3.05, 3.63) is 42.0 Å². The van der Waals surface area contributed by atoms with Crippen molar-refractivity contribution < 1.29 is 0 Å². The summed E-state index contributed by atoms with van der Waals surface area (Å²) in [6.45, 7) is 7.14. The first-order valence-corrected chi connectivity index (χ1v) is 7.07. The van der Waals surface area contributed by atoms with E-state index in [0.717, 1.165) is 24.0 Å². The second kappa shape index (κ2) is 6.08. The molecular formula is C16H23N5. The number of aromatic nitrogens is 3. The molecule has 0 aliphatic rings. The first kappa shape index (κ1) is 15.2. The summed E-state index contributed by atoms with van der Waals surface area (Å²) in [5, 5.41) is 3.11. The molecule has 0 saturated heterocycles. The average molecular weight is 285 g/mol. The van der Waals surface area contributed by atoms with Crippen LogP contribution in [0.2, 0.25) is 0 Å². The van der Waals surface area contributed by atoms with E-state index in [1.54, 1.807) is 0 Å². The zero-order chi connectivity index (χ0) is 15.5. The first-order valence-electron chi connectivity index (χ1n) is 7.07. The molecule has 0 radical (unpaired) electrons. The van der Waals surface area contributed by atoms with Gasteiger partial charge in [0.25, 0.3) is 0 Å². The summed E-state index contributed by atoms with van der Waals surface area (Å²) in [5.41, 5.74) is 1.12. The van der Waals surface area contributed by atoms with Crippen molar-refractivity contribution in [2.75, 3.05) is 24.3 Å². The van der Waals surface area contributed by atoms with E-state index >= 15 is 0 Å². The highest BCUT2D eigenvalue weighted by molar-refractivity contribution is 5.49. The van der Waals surface area contributed by atoms with E-state index in [0.29, 0.717) is 0 Å². The zero-order valence-electron chi connectivity index (χ0n) is 13.4. The number of hydrogen-bond acceptors (Lipinski definition) is 5. The molecule has 2 aromatic heterocycles. The van der Waals surface area contributed by atoms with Crippen molar-refractivity contribution in [3.8, 4) is 0 Å². The molecule has 5 heteroatoms. The molecule has 0 unspecified atom stereocenters. The Morgan fingerprint density at radius 3 is 2.38 bits per heavy atom. The monoisotopic (exact) mass is 285 g/mol. The van der Waals surface area contributed by atoms with Gasteiger partial charge in [-0.25, -0.2) is 9.97 Å². The Morgan fingerprint density at radius 1 is 1.14 bits per heavy atom. The van der Waals surface area contributed by atoms with E-state index in [1.165, 1.54) is 5.56 Å². The fourth-order valence-corrected chi connectivity index (χ4v) is 1.94. The predicted octanol–water partition coefficient (Wildman–Crippen LogP) is 2.85. The Labute approximate surface area is 126 Å². The van der Waals surface area contributed by atoms with Crippen LogP contribution in [0.5, 0.6) is 0 Å². The summed E-state index contributed by atoms with van der Waals surface area (Å²) in [6.07, 6.45) is 3.62. The lowest BCUT2D eigenvalue weighted by Crippen LogP contribution is -2.22. The van der Waals surface area contributed by atoms with Crippen LogP contribution in [0.3, 0.4) is 0 Å². The zero-order valence-corrected chi connectivity index (χ0v) is 13.4. The molecule has 0 fully saturated rings. The van der Waals surface area contributed by atoms with Crippen molar-refractivity contribution in [1.82, 2.24) is 15.0 Å². The number of nitrogens with zero attached hydrogens (tertiary/aromatic N) is 4. The van der Waals surface area contributed by atoms with Crippen LogP contribution >= 0.6 is 0 Å². The number of anilines is 2. The Balaban J connectivity index is 2.30. The molecule has 2 rings (SSSR count). The van der Waals surface area contributed by atoms with Crippen LogP contribution in [-0.4, -0.2) is 29.0 Å². The Morgan fingerprint density at radius 2 is 1.81 bits per heavy atom. The van der Waals surface area contributed by atoms with Gasteiger partial charge in [-0.05, 0) is 17.7 Å². The van der Waals surface area contributed by atoms with Crippen LogP contribution < -0.4 is 10.2 Å². The Bertz CT molecular complexity index is 589. The Hall–Kier alpha value is -2.17. The minimum Gasteiger partial charge on any atom is -0.373 e. The molecule has 0 aliphatic heterocycles. The SMILES string of the molecule is CNc1cc(N(C)Cc2ccncc2)nc(C(C)(C)C)n1. The van der Waals surface area contributed by atoms with E-state index in [9.17, 15) is 0 Å². The largest absolute Gasteiger partial charge is 0.373 e. The van der Waals surface area contributed by atoms with Gasteiger partial charge in [-0.3, -0.25) is 4.98 Å². The highest BCUT2D eigenvalue weighted by atomic mass is 15.2. The third kappa shape index (κ3) is 3.90. The number of rotatable bonds is 4. The van der Waals surface area contributed by atoms with Gasteiger partial charge in [0.15, 0.2) is 0 Å². The van der Waals surface area contributed by atoms with Crippen molar-refractivity contribution in [2.45, 2.75) is 32.7 Å². The van der Waals surface area contributed by atoms with E-state index < -0.39 is 0 Å². The molecule has 0 saturated carbocycles. The van der Waals surface area contributed by atoms with Gasteiger partial charge in [-0.1, -0.05) is 20.8 Å². The molecule has 0 aromatic carbocycles. The van der Waals surface area contributed by atoms with Crippen LogP contribution in [-0.2, 0) is 12.0 Å². The molecular weight excluding hydrogens is 262 g/mol. The molecule has 0 amide bonds. The maximum atomic E-state index is 4.71. The number of pyridine rings is 1.